The number of carbonyl (C=O) groups is 1. The van der Waals surface area contributed by atoms with Crippen LogP contribution < -0.4 is 4.74 Å². The molecule has 128 valence electrons. The highest BCUT2D eigenvalue weighted by Gasteiger charge is 2.52. The van der Waals surface area contributed by atoms with Crippen LogP contribution in [-0.2, 0) is 14.3 Å². The number of methoxy groups -OCH3 is 1. The summed E-state index contributed by atoms with van der Waals surface area (Å²) in [5, 5.41) is 0. The molecule has 3 unspecified atom stereocenters. The topological polar surface area (TPSA) is 44.8 Å². The Bertz CT molecular complexity index is 601. The van der Waals surface area contributed by atoms with E-state index in [1.54, 1.807) is 6.92 Å². The van der Waals surface area contributed by atoms with E-state index in [0.717, 1.165) is 6.07 Å². The van der Waals surface area contributed by atoms with Crippen LogP contribution in [0.1, 0.15) is 39.2 Å². The van der Waals surface area contributed by atoms with Gasteiger partial charge in [-0.3, -0.25) is 0 Å². The highest BCUT2D eigenvalue weighted by Crippen LogP contribution is 2.49. The Hall–Kier alpha value is -1.69. The average molecular weight is 328 g/mol. The van der Waals surface area contributed by atoms with Crippen molar-refractivity contribution in [1.82, 2.24) is 0 Å². The Morgan fingerprint density at radius 3 is 2.57 bits per heavy atom. The second-order valence-corrected chi connectivity index (χ2v) is 6.19. The second kappa shape index (κ2) is 6.43. The number of rotatable bonds is 4. The Morgan fingerprint density at radius 2 is 2.00 bits per heavy atom. The summed E-state index contributed by atoms with van der Waals surface area (Å²) in [7, 11) is 1.27. The molecule has 0 aliphatic carbocycles. The zero-order valence-corrected chi connectivity index (χ0v) is 14.0. The van der Waals surface area contributed by atoms with Crippen molar-refractivity contribution in [3.63, 3.8) is 0 Å². The van der Waals surface area contributed by atoms with Crippen molar-refractivity contribution < 1.29 is 27.8 Å². The molecule has 0 spiro atoms. The van der Waals surface area contributed by atoms with Gasteiger partial charge in [0.25, 0.3) is 0 Å². The molecule has 0 aromatic heterocycles. The molecule has 0 N–H and O–H groups in total. The van der Waals surface area contributed by atoms with E-state index in [2.05, 4.69) is 0 Å². The van der Waals surface area contributed by atoms with Crippen molar-refractivity contribution in [2.24, 2.45) is 5.92 Å². The maximum Gasteiger partial charge on any atom is 0.335 e. The molecule has 4 nitrogen and oxygen atoms in total. The smallest absolute Gasteiger partial charge is 0.335 e. The van der Waals surface area contributed by atoms with Gasteiger partial charge in [0.1, 0.15) is 0 Å². The van der Waals surface area contributed by atoms with Gasteiger partial charge in [-0.2, -0.15) is 4.39 Å². The predicted molar refractivity (Wildman–Crippen MR) is 80.4 cm³/mol. The number of esters is 1. The molecule has 0 radical (unpaired) electrons. The summed E-state index contributed by atoms with van der Waals surface area (Å²) in [6.45, 7) is 7.54. The molecule has 1 aliphatic rings. The van der Waals surface area contributed by atoms with Gasteiger partial charge in [-0.15, -0.1) is 0 Å². The van der Waals surface area contributed by atoms with Gasteiger partial charge >= 0.3 is 5.97 Å². The van der Waals surface area contributed by atoms with Crippen LogP contribution in [0.15, 0.2) is 12.1 Å². The molecular weight excluding hydrogens is 306 g/mol. The monoisotopic (exact) mass is 328 g/mol. The van der Waals surface area contributed by atoms with E-state index in [0.29, 0.717) is 5.56 Å². The SMILES string of the molecule is CCOC(=O)C1OC(C)(C)C(C)C1c1ccc(F)c(F)c1OC. The molecule has 1 fully saturated rings. The lowest BCUT2D eigenvalue weighted by atomic mass is 9.78. The van der Waals surface area contributed by atoms with Crippen molar-refractivity contribution in [3.8, 4) is 5.75 Å². The van der Waals surface area contributed by atoms with Crippen molar-refractivity contribution in [1.29, 1.82) is 0 Å². The van der Waals surface area contributed by atoms with Crippen molar-refractivity contribution in [2.45, 2.75) is 45.3 Å². The fraction of sp³-hybridized carbons (Fsp3) is 0.588. The van der Waals surface area contributed by atoms with E-state index >= 15 is 0 Å². The van der Waals surface area contributed by atoms with Gasteiger partial charge in [-0.05, 0) is 32.8 Å². The van der Waals surface area contributed by atoms with Crippen LogP contribution in [0.2, 0.25) is 0 Å². The Kier molecular flexibility index (Phi) is 4.94. The number of benzene rings is 1. The van der Waals surface area contributed by atoms with Crippen molar-refractivity contribution in [2.75, 3.05) is 13.7 Å². The third kappa shape index (κ3) is 3.04. The van der Waals surface area contributed by atoms with Crippen LogP contribution in [0.3, 0.4) is 0 Å². The first-order chi connectivity index (χ1) is 10.7. The number of halogens is 2. The maximum absolute atomic E-state index is 14.1. The van der Waals surface area contributed by atoms with E-state index in [1.807, 2.05) is 20.8 Å². The summed E-state index contributed by atoms with van der Waals surface area (Å²) >= 11 is 0. The molecule has 6 heteroatoms. The molecule has 1 saturated heterocycles. The van der Waals surface area contributed by atoms with Crippen molar-refractivity contribution in [3.05, 3.63) is 29.3 Å². The van der Waals surface area contributed by atoms with Crippen LogP contribution in [-0.4, -0.2) is 31.4 Å². The summed E-state index contributed by atoms with van der Waals surface area (Å²) in [5.74, 6) is -3.39. The lowest BCUT2D eigenvalue weighted by molar-refractivity contribution is -0.159. The minimum atomic E-state index is -1.07. The molecule has 2 rings (SSSR count). The highest BCUT2D eigenvalue weighted by atomic mass is 19.2. The van der Waals surface area contributed by atoms with E-state index in [-0.39, 0.29) is 18.3 Å². The third-order valence-corrected chi connectivity index (χ3v) is 4.55. The van der Waals surface area contributed by atoms with Gasteiger partial charge in [-0.25, -0.2) is 9.18 Å². The number of carbonyl (C=O) groups excluding carboxylic acids is 1. The molecule has 1 heterocycles. The lowest BCUT2D eigenvalue weighted by Crippen LogP contribution is -2.30. The van der Waals surface area contributed by atoms with Gasteiger partial charge in [0, 0.05) is 11.5 Å². The average Bonchev–Trinajstić information content (AvgIpc) is 2.73. The molecule has 0 amide bonds. The molecule has 1 aromatic carbocycles. The molecule has 0 bridgehead atoms. The van der Waals surface area contributed by atoms with E-state index in [1.165, 1.54) is 13.2 Å². The van der Waals surface area contributed by atoms with Gasteiger partial charge in [-0.1, -0.05) is 13.0 Å². The Balaban J connectivity index is 2.53. The number of hydrogen-bond acceptors (Lipinski definition) is 4. The summed E-state index contributed by atoms with van der Waals surface area (Å²) in [4.78, 5) is 12.3. The van der Waals surface area contributed by atoms with Crippen LogP contribution >= 0.6 is 0 Å². The standard InChI is InChI=1S/C17H22F2O4/c1-6-22-16(20)15-12(9(2)17(3,4)23-15)10-7-8-11(18)13(19)14(10)21-5/h7-9,12,15H,6H2,1-5H3. The number of hydrogen-bond donors (Lipinski definition) is 0. The predicted octanol–water partition coefficient (Wildman–Crippen LogP) is 3.43. The molecule has 23 heavy (non-hydrogen) atoms. The number of ether oxygens (including phenoxy) is 3. The minimum Gasteiger partial charge on any atom is -0.493 e. The quantitative estimate of drug-likeness (QED) is 0.794. The van der Waals surface area contributed by atoms with E-state index in [9.17, 15) is 13.6 Å². The first kappa shape index (κ1) is 17.7. The fourth-order valence-electron chi connectivity index (χ4n) is 3.07. The maximum atomic E-state index is 14.1. The zero-order chi connectivity index (χ0) is 17.4. The second-order valence-electron chi connectivity index (χ2n) is 6.19. The van der Waals surface area contributed by atoms with Gasteiger partial charge in [0.2, 0.25) is 5.82 Å². The molecule has 3 atom stereocenters. The third-order valence-electron chi connectivity index (χ3n) is 4.55. The zero-order valence-electron chi connectivity index (χ0n) is 14.0. The van der Waals surface area contributed by atoms with Crippen LogP contribution in [0.5, 0.6) is 5.75 Å². The van der Waals surface area contributed by atoms with Crippen LogP contribution in [0.4, 0.5) is 8.78 Å². The summed E-state index contributed by atoms with van der Waals surface area (Å²) < 4.78 is 43.5. The van der Waals surface area contributed by atoms with Crippen LogP contribution in [0.25, 0.3) is 0 Å². The summed E-state index contributed by atoms with van der Waals surface area (Å²) in [5.41, 5.74) is -0.208. The van der Waals surface area contributed by atoms with Gasteiger partial charge in [0.15, 0.2) is 17.7 Å². The Morgan fingerprint density at radius 1 is 1.35 bits per heavy atom. The van der Waals surface area contributed by atoms with E-state index in [4.69, 9.17) is 14.2 Å². The minimum absolute atomic E-state index is 0.129. The summed E-state index contributed by atoms with van der Waals surface area (Å²) in [6.07, 6.45) is -0.890. The van der Waals surface area contributed by atoms with E-state index < -0.39 is 35.2 Å². The van der Waals surface area contributed by atoms with Gasteiger partial charge < -0.3 is 14.2 Å². The highest BCUT2D eigenvalue weighted by molar-refractivity contribution is 5.77. The normalized spacial score (nSPS) is 26.1. The fourth-order valence-corrected chi connectivity index (χ4v) is 3.07. The lowest BCUT2D eigenvalue weighted by Gasteiger charge is -2.25. The molecule has 0 saturated carbocycles. The first-order valence-corrected chi connectivity index (χ1v) is 7.60. The molecule has 1 aliphatic heterocycles. The summed E-state index contributed by atoms with van der Waals surface area (Å²) in [6, 6.07) is 2.48. The first-order valence-electron chi connectivity index (χ1n) is 7.60. The van der Waals surface area contributed by atoms with Gasteiger partial charge in [0.05, 0.1) is 19.3 Å². The Labute approximate surface area is 134 Å². The molecular formula is C17H22F2O4. The van der Waals surface area contributed by atoms with Crippen molar-refractivity contribution >= 4 is 5.97 Å². The molecule has 1 aromatic rings. The van der Waals surface area contributed by atoms with Crippen LogP contribution in [0, 0.1) is 17.6 Å². The largest absolute Gasteiger partial charge is 0.493 e.